The van der Waals surface area contributed by atoms with Gasteiger partial charge in [-0.3, -0.25) is 4.79 Å². The Bertz CT molecular complexity index is 209. The zero-order valence-corrected chi connectivity index (χ0v) is 9.47. The molecule has 0 aromatic heterocycles. The lowest BCUT2D eigenvalue weighted by Gasteiger charge is -2.16. The Morgan fingerprint density at radius 1 is 1.50 bits per heavy atom. The van der Waals surface area contributed by atoms with Crippen molar-refractivity contribution < 1.29 is 4.79 Å². The Morgan fingerprint density at radius 2 is 2.07 bits per heavy atom. The second-order valence-electron chi connectivity index (χ2n) is 5.26. The minimum atomic E-state index is -0.336. The number of hydrogen-bond donors (Lipinski definition) is 2. The fraction of sp³-hybridized carbons (Fsp3) is 0.909. The molecule has 0 saturated heterocycles. The summed E-state index contributed by atoms with van der Waals surface area (Å²) in [5, 5.41) is 2.93. The van der Waals surface area contributed by atoms with Crippen LogP contribution in [0.15, 0.2) is 0 Å². The molecule has 0 heterocycles. The van der Waals surface area contributed by atoms with Crippen molar-refractivity contribution >= 4 is 5.91 Å². The van der Waals surface area contributed by atoms with Crippen molar-refractivity contribution in [2.24, 2.45) is 17.1 Å². The fourth-order valence-electron chi connectivity index (χ4n) is 1.44. The smallest absolute Gasteiger partial charge is 0.236 e. The number of rotatable bonds is 5. The molecule has 1 aliphatic carbocycles. The molecule has 0 aliphatic heterocycles. The van der Waals surface area contributed by atoms with Crippen LogP contribution in [0.1, 0.15) is 40.0 Å². The molecule has 0 unspecified atom stereocenters. The summed E-state index contributed by atoms with van der Waals surface area (Å²) in [4.78, 5) is 11.5. The molecular weight excluding hydrogens is 176 g/mol. The number of carbonyl (C=O) groups is 1. The van der Waals surface area contributed by atoms with Crippen LogP contribution in [0.2, 0.25) is 0 Å². The van der Waals surface area contributed by atoms with Gasteiger partial charge < -0.3 is 11.1 Å². The molecule has 82 valence electrons. The average molecular weight is 198 g/mol. The van der Waals surface area contributed by atoms with E-state index in [1.165, 1.54) is 12.8 Å². The monoisotopic (exact) mass is 198 g/mol. The molecule has 1 rings (SSSR count). The minimum Gasteiger partial charge on any atom is -0.354 e. The van der Waals surface area contributed by atoms with Crippen LogP contribution in [-0.2, 0) is 4.79 Å². The molecule has 1 atom stereocenters. The third-order valence-electron chi connectivity index (χ3n) is 2.86. The van der Waals surface area contributed by atoms with Crippen molar-refractivity contribution in [3.05, 3.63) is 0 Å². The van der Waals surface area contributed by atoms with E-state index in [0.717, 1.165) is 13.0 Å². The first kappa shape index (κ1) is 11.5. The van der Waals surface area contributed by atoms with Gasteiger partial charge in [-0.25, -0.2) is 0 Å². The summed E-state index contributed by atoms with van der Waals surface area (Å²) >= 11 is 0. The molecule has 1 fully saturated rings. The van der Waals surface area contributed by atoms with Crippen LogP contribution in [0.4, 0.5) is 0 Å². The number of amides is 1. The van der Waals surface area contributed by atoms with Gasteiger partial charge in [0.15, 0.2) is 0 Å². The largest absolute Gasteiger partial charge is 0.354 e. The van der Waals surface area contributed by atoms with Gasteiger partial charge in [-0.2, -0.15) is 0 Å². The lowest BCUT2D eigenvalue weighted by atomic mass is 10.0. The number of hydrogen-bond acceptors (Lipinski definition) is 2. The highest BCUT2D eigenvalue weighted by Crippen LogP contribution is 2.43. The maximum atomic E-state index is 11.5. The summed E-state index contributed by atoms with van der Waals surface area (Å²) in [5.41, 5.74) is 6.12. The highest BCUT2D eigenvalue weighted by molar-refractivity contribution is 5.81. The van der Waals surface area contributed by atoms with E-state index in [1.807, 2.05) is 0 Å². The van der Waals surface area contributed by atoms with Crippen LogP contribution < -0.4 is 11.1 Å². The third-order valence-corrected chi connectivity index (χ3v) is 2.86. The van der Waals surface area contributed by atoms with Gasteiger partial charge in [-0.15, -0.1) is 0 Å². The van der Waals surface area contributed by atoms with E-state index in [4.69, 9.17) is 5.73 Å². The zero-order chi connectivity index (χ0) is 10.8. The average Bonchev–Trinajstić information content (AvgIpc) is 2.79. The van der Waals surface area contributed by atoms with Crippen molar-refractivity contribution in [2.45, 2.75) is 46.1 Å². The van der Waals surface area contributed by atoms with Gasteiger partial charge in [-0.1, -0.05) is 20.8 Å². The van der Waals surface area contributed by atoms with Crippen LogP contribution in [0.5, 0.6) is 0 Å². The van der Waals surface area contributed by atoms with E-state index < -0.39 is 0 Å². The standard InChI is InChI=1S/C11H22N2O/c1-8(2)6-9(12)10(14)13-7-11(3)4-5-11/h8-9H,4-7,12H2,1-3H3,(H,13,14)/t9-/m1/s1. The number of carbonyl (C=O) groups excluding carboxylic acids is 1. The molecule has 3 heteroatoms. The van der Waals surface area contributed by atoms with Crippen molar-refractivity contribution in [3.8, 4) is 0 Å². The quantitative estimate of drug-likeness (QED) is 0.699. The van der Waals surface area contributed by atoms with Crippen LogP contribution >= 0.6 is 0 Å². The van der Waals surface area contributed by atoms with Crippen LogP contribution in [-0.4, -0.2) is 18.5 Å². The lowest BCUT2D eigenvalue weighted by molar-refractivity contribution is -0.122. The van der Waals surface area contributed by atoms with Crippen molar-refractivity contribution in [3.63, 3.8) is 0 Å². The van der Waals surface area contributed by atoms with Crippen LogP contribution in [0, 0.1) is 11.3 Å². The summed E-state index contributed by atoms with van der Waals surface area (Å²) in [6.45, 7) is 7.14. The first-order valence-electron chi connectivity index (χ1n) is 5.46. The Morgan fingerprint density at radius 3 is 2.50 bits per heavy atom. The summed E-state index contributed by atoms with van der Waals surface area (Å²) in [6, 6.07) is -0.336. The molecular formula is C11H22N2O. The van der Waals surface area contributed by atoms with Crippen LogP contribution in [0.3, 0.4) is 0 Å². The molecule has 0 bridgehead atoms. The molecule has 3 nitrogen and oxygen atoms in total. The second kappa shape index (κ2) is 4.30. The summed E-state index contributed by atoms with van der Waals surface area (Å²) in [6.07, 6.45) is 3.22. The van der Waals surface area contributed by atoms with Gasteiger partial charge in [0.25, 0.3) is 0 Å². The Balaban J connectivity index is 2.20. The zero-order valence-electron chi connectivity index (χ0n) is 9.47. The predicted octanol–water partition coefficient (Wildman–Crippen LogP) is 1.28. The minimum absolute atomic E-state index is 0.00632. The van der Waals surface area contributed by atoms with Gasteiger partial charge in [-0.05, 0) is 30.6 Å². The Labute approximate surface area is 86.4 Å². The molecule has 0 radical (unpaired) electrons. The molecule has 0 aromatic carbocycles. The molecule has 14 heavy (non-hydrogen) atoms. The Kier molecular flexibility index (Phi) is 3.53. The second-order valence-corrected chi connectivity index (χ2v) is 5.26. The van der Waals surface area contributed by atoms with Crippen molar-refractivity contribution in [1.29, 1.82) is 0 Å². The van der Waals surface area contributed by atoms with Gasteiger partial charge in [0, 0.05) is 6.54 Å². The molecule has 1 amide bonds. The first-order chi connectivity index (χ1) is 6.43. The summed E-state index contributed by atoms with van der Waals surface area (Å²) in [7, 11) is 0. The van der Waals surface area contributed by atoms with Crippen LogP contribution in [0.25, 0.3) is 0 Å². The van der Waals surface area contributed by atoms with E-state index in [2.05, 4.69) is 26.1 Å². The van der Waals surface area contributed by atoms with Gasteiger partial charge in [0.05, 0.1) is 6.04 Å². The van der Waals surface area contributed by atoms with Crippen molar-refractivity contribution in [2.75, 3.05) is 6.54 Å². The van der Waals surface area contributed by atoms with E-state index in [9.17, 15) is 4.79 Å². The topological polar surface area (TPSA) is 55.1 Å². The number of nitrogens with two attached hydrogens (primary N) is 1. The normalized spacial score (nSPS) is 20.6. The molecule has 1 saturated carbocycles. The Hall–Kier alpha value is -0.570. The SMILES string of the molecule is CC(C)C[C@@H](N)C(=O)NCC1(C)CC1. The number of nitrogens with one attached hydrogen (secondary N) is 1. The predicted molar refractivity (Wildman–Crippen MR) is 57.8 cm³/mol. The van der Waals surface area contributed by atoms with E-state index in [0.29, 0.717) is 11.3 Å². The molecule has 0 aromatic rings. The lowest BCUT2D eigenvalue weighted by Crippen LogP contribution is -2.43. The van der Waals surface area contributed by atoms with Crippen molar-refractivity contribution in [1.82, 2.24) is 5.32 Å². The first-order valence-corrected chi connectivity index (χ1v) is 5.46. The summed E-state index contributed by atoms with van der Waals surface area (Å²) < 4.78 is 0. The van der Waals surface area contributed by atoms with E-state index in [1.54, 1.807) is 0 Å². The highest BCUT2D eigenvalue weighted by Gasteiger charge is 2.37. The van der Waals surface area contributed by atoms with E-state index >= 15 is 0 Å². The maximum Gasteiger partial charge on any atom is 0.236 e. The highest BCUT2D eigenvalue weighted by atomic mass is 16.2. The molecule has 3 N–H and O–H groups in total. The van der Waals surface area contributed by atoms with Gasteiger partial charge in [0.2, 0.25) is 5.91 Å². The fourth-order valence-corrected chi connectivity index (χ4v) is 1.44. The van der Waals surface area contributed by atoms with E-state index in [-0.39, 0.29) is 11.9 Å². The molecule has 0 spiro atoms. The maximum absolute atomic E-state index is 11.5. The third kappa shape index (κ3) is 3.66. The van der Waals surface area contributed by atoms with Gasteiger partial charge in [0.1, 0.15) is 0 Å². The van der Waals surface area contributed by atoms with Gasteiger partial charge >= 0.3 is 0 Å². The molecule has 1 aliphatic rings. The summed E-state index contributed by atoms with van der Waals surface area (Å²) in [5.74, 6) is 0.485.